The van der Waals surface area contributed by atoms with Crippen molar-refractivity contribution in [3.05, 3.63) is 29.6 Å². The SMILES string of the molecule is COC(=O)N[C@H](C(=O)N1CCC[C@H]1c1nc2ccc(C)cc2[nH]1)C(C)C. The van der Waals surface area contributed by atoms with Crippen molar-refractivity contribution < 1.29 is 14.3 Å². The lowest BCUT2D eigenvalue weighted by atomic mass is 10.0. The minimum Gasteiger partial charge on any atom is -0.453 e. The first-order valence-corrected chi connectivity index (χ1v) is 9.02. The zero-order chi connectivity index (χ0) is 18.8. The number of hydrogen-bond acceptors (Lipinski definition) is 4. The highest BCUT2D eigenvalue weighted by molar-refractivity contribution is 5.86. The molecule has 7 nitrogen and oxygen atoms in total. The number of nitrogens with zero attached hydrogens (tertiary/aromatic N) is 2. The summed E-state index contributed by atoms with van der Waals surface area (Å²) in [6.07, 6.45) is 1.18. The van der Waals surface area contributed by atoms with Crippen molar-refractivity contribution >= 4 is 23.0 Å². The number of aromatic nitrogens is 2. The molecule has 1 fully saturated rings. The molecule has 26 heavy (non-hydrogen) atoms. The fourth-order valence-corrected chi connectivity index (χ4v) is 3.49. The van der Waals surface area contributed by atoms with E-state index in [1.807, 2.05) is 37.8 Å². The second kappa shape index (κ2) is 7.35. The highest BCUT2D eigenvalue weighted by Gasteiger charge is 2.37. The number of alkyl carbamates (subject to hydrolysis) is 1. The molecule has 0 unspecified atom stereocenters. The molecule has 2 aromatic rings. The van der Waals surface area contributed by atoms with Gasteiger partial charge in [0, 0.05) is 6.54 Å². The number of aryl methyl sites for hydroxylation is 1. The number of aromatic amines is 1. The van der Waals surface area contributed by atoms with Crippen LogP contribution in [0, 0.1) is 12.8 Å². The van der Waals surface area contributed by atoms with Crippen molar-refractivity contribution in [1.29, 1.82) is 0 Å². The van der Waals surface area contributed by atoms with E-state index in [4.69, 9.17) is 0 Å². The summed E-state index contributed by atoms with van der Waals surface area (Å²) in [6, 6.07) is 5.36. The average Bonchev–Trinajstić information content (AvgIpc) is 3.24. The van der Waals surface area contributed by atoms with Gasteiger partial charge in [-0.25, -0.2) is 9.78 Å². The molecule has 140 valence electrons. The summed E-state index contributed by atoms with van der Waals surface area (Å²) < 4.78 is 4.67. The molecule has 1 saturated heterocycles. The molecule has 0 bridgehead atoms. The second-order valence-electron chi connectivity index (χ2n) is 7.19. The van der Waals surface area contributed by atoms with E-state index in [1.165, 1.54) is 7.11 Å². The van der Waals surface area contributed by atoms with Crippen LogP contribution < -0.4 is 5.32 Å². The van der Waals surface area contributed by atoms with E-state index in [-0.39, 0.29) is 17.9 Å². The Hall–Kier alpha value is -2.57. The van der Waals surface area contributed by atoms with Gasteiger partial charge in [0.05, 0.1) is 24.2 Å². The van der Waals surface area contributed by atoms with Gasteiger partial charge in [0.2, 0.25) is 5.91 Å². The first-order valence-electron chi connectivity index (χ1n) is 9.02. The molecule has 1 aliphatic heterocycles. The number of carbonyl (C=O) groups excluding carboxylic acids is 2. The highest BCUT2D eigenvalue weighted by Crippen LogP contribution is 2.32. The lowest BCUT2D eigenvalue weighted by Crippen LogP contribution is -2.51. The Morgan fingerprint density at radius 1 is 1.38 bits per heavy atom. The molecule has 1 aromatic heterocycles. The zero-order valence-corrected chi connectivity index (χ0v) is 15.7. The maximum Gasteiger partial charge on any atom is 0.407 e. The zero-order valence-electron chi connectivity index (χ0n) is 15.7. The van der Waals surface area contributed by atoms with Crippen LogP contribution in [0.3, 0.4) is 0 Å². The summed E-state index contributed by atoms with van der Waals surface area (Å²) in [4.78, 5) is 34.6. The van der Waals surface area contributed by atoms with E-state index >= 15 is 0 Å². The van der Waals surface area contributed by atoms with Gasteiger partial charge in [-0.15, -0.1) is 0 Å². The summed E-state index contributed by atoms with van der Waals surface area (Å²) in [5.74, 6) is 0.669. The topological polar surface area (TPSA) is 87.3 Å². The van der Waals surface area contributed by atoms with Crippen LogP contribution in [-0.4, -0.2) is 46.6 Å². The molecule has 1 aromatic carbocycles. The highest BCUT2D eigenvalue weighted by atomic mass is 16.5. The van der Waals surface area contributed by atoms with Crippen LogP contribution in [0.5, 0.6) is 0 Å². The Balaban J connectivity index is 1.85. The molecule has 1 aliphatic rings. The Labute approximate surface area is 153 Å². The minimum absolute atomic E-state index is 0.0406. The van der Waals surface area contributed by atoms with E-state index in [2.05, 4.69) is 26.1 Å². The summed E-state index contributed by atoms with van der Waals surface area (Å²) >= 11 is 0. The van der Waals surface area contributed by atoms with Crippen LogP contribution in [0.15, 0.2) is 18.2 Å². The van der Waals surface area contributed by atoms with Gasteiger partial charge in [0.25, 0.3) is 0 Å². The quantitative estimate of drug-likeness (QED) is 0.880. The number of benzene rings is 1. The molecule has 0 spiro atoms. The lowest BCUT2D eigenvalue weighted by Gasteiger charge is -2.29. The normalized spacial score (nSPS) is 18.3. The van der Waals surface area contributed by atoms with E-state index in [1.54, 1.807) is 0 Å². The van der Waals surface area contributed by atoms with E-state index < -0.39 is 12.1 Å². The summed E-state index contributed by atoms with van der Waals surface area (Å²) in [5, 5.41) is 2.67. The fraction of sp³-hybridized carbons (Fsp3) is 0.526. The van der Waals surface area contributed by atoms with E-state index in [9.17, 15) is 9.59 Å². The standard InChI is InChI=1S/C19H26N4O3/c1-11(2)16(22-19(25)26-4)18(24)23-9-5-6-15(23)17-20-13-8-7-12(3)10-14(13)21-17/h7-8,10-11,15-16H,5-6,9H2,1-4H3,(H,20,21)(H,22,25)/t15-,16-/m0/s1. The third-order valence-electron chi connectivity index (χ3n) is 4.90. The van der Waals surface area contributed by atoms with Crippen LogP contribution in [0.25, 0.3) is 11.0 Å². The molecule has 2 N–H and O–H groups in total. The van der Waals surface area contributed by atoms with Crippen LogP contribution in [0.4, 0.5) is 4.79 Å². The maximum absolute atomic E-state index is 13.1. The van der Waals surface area contributed by atoms with Crippen molar-refractivity contribution in [2.45, 2.75) is 45.7 Å². The van der Waals surface area contributed by atoms with Gasteiger partial charge in [-0.1, -0.05) is 19.9 Å². The molecule has 7 heteroatoms. The number of carbonyl (C=O) groups is 2. The first-order chi connectivity index (χ1) is 12.4. The van der Waals surface area contributed by atoms with Crippen molar-refractivity contribution in [1.82, 2.24) is 20.2 Å². The Morgan fingerprint density at radius 2 is 2.15 bits per heavy atom. The third-order valence-corrected chi connectivity index (χ3v) is 4.90. The van der Waals surface area contributed by atoms with Gasteiger partial charge in [-0.05, 0) is 43.4 Å². The Kier molecular flexibility index (Phi) is 5.15. The number of amides is 2. The van der Waals surface area contributed by atoms with Gasteiger partial charge >= 0.3 is 6.09 Å². The predicted octanol–water partition coefficient (Wildman–Crippen LogP) is 2.92. The molecular weight excluding hydrogens is 332 g/mol. The van der Waals surface area contributed by atoms with Crippen molar-refractivity contribution in [3.63, 3.8) is 0 Å². The number of methoxy groups -OCH3 is 1. The molecule has 0 radical (unpaired) electrons. The second-order valence-corrected chi connectivity index (χ2v) is 7.19. The van der Waals surface area contributed by atoms with Gasteiger partial charge in [0.1, 0.15) is 11.9 Å². The number of rotatable bonds is 4. The van der Waals surface area contributed by atoms with E-state index in [0.717, 1.165) is 35.3 Å². The molecule has 2 amide bonds. The van der Waals surface area contributed by atoms with Gasteiger partial charge < -0.3 is 19.9 Å². The molecule has 0 aliphatic carbocycles. The minimum atomic E-state index is -0.616. The van der Waals surface area contributed by atoms with Crippen LogP contribution >= 0.6 is 0 Å². The number of likely N-dealkylation sites (tertiary alicyclic amines) is 1. The summed E-state index contributed by atoms with van der Waals surface area (Å²) in [5.41, 5.74) is 3.04. The number of hydrogen-bond donors (Lipinski definition) is 2. The number of ether oxygens (including phenoxy) is 1. The number of nitrogens with one attached hydrogen (secondary N) is 2. The first kappa shape index (κ1) is 18.2. The van der Waals surface area contributed by atoms with Gasteiger partial charge in [0.15, 0.2) is 0 Å². The van der Waals surface area contributed by atoms with Crippen LogP contribution in [-0.2, 0) is 9.53 Å². The van der Waals surface area contributed by atoms with Gasteiger partial charge in [-0.2, -0.15) is 0 Å². The number of fused-ring (bicyclic) bond motifs is 1. The fourth-order valence-electron chi connectivity index (χ4n) is 3.49. The lowest BCUT2D eigenvalue weighted by molar-refractivity contribution is -0.135. The van der Waals surface area contributed by atoms with Gasteiger partial charge in [-0.3, -0.25) is 4.79 Å². The average molecular weight is 358 g/mol. The molecule has 2 heterocycles. The number of imidazole rings is 1. The largest absolute Gasteiger partial charge is 0.453 e. The van der Waals surface area contributed by atoms with E-state index in [0.29, 0.717) is 6.54 Å². The molecular formula is C19H26N4O3. The van der Waals surface area contributed by atoms with Crippen LogP contribution in [0.2, 0.25) is 0 Å². The van der Waals surface area contributed by atoms with Crippen molar-refractivity contribution in [2.24, 2.45) is 5.92 Å². The summed E-state index contributed by atoms with van der Waals surface area (Å²) in [7, 11) is 1.30. The monoisotopic (exact) mass is 358 g/mol. The van der Waals surface area contributed by atoms with Crippen molar-refractivity contribution in [3.8, 4) is 0 Å². The summed E-state index contributed by atoms with van der Waals surface area (Å²) in [6.45, 7) is 6.52. The Morgan fingerprint density at radius 3 is 2.85 bits per heavy atom. The Bertz CT molecular complexity index is 814. The smallest absolute Gasteiger partial charge is 0.407 e. The van der Waals surface area contributed by atoms with Crippen LogP contribution in [0.1, 0.15) is 44.1 Å². The molecule has 0 saturated carbocycles. The number of H-pyrrole nitrogens is 1. The maximum atomic E-state index is 13.1. The predicted molar refractivity (Wildman–Crippen MR) is 98.7 cm³/mol. The molecule has 3 rings (SSSR count). The molecule has 2 atom stereocenters. The van der Waals surface area contributed by atoms with Crippen molar-refractivity contribution in [2.75, 3.05) is 13.7 Å². The third kappa shape index (κ3) is 3.52.